The van der Waals surface area contributed by atoms with E-state index in [1.165, 1.54) is 0 Å². The third kappa shape index (κ3) is 2.36. The Hall–Kier alpha value is -1.36. The summed E-state index contributed by atoms with van der Waals surface area (Å²) < 4.78 is 1.70. The highest BCUT2D eigenvalue weighted by Gasteiger charge is 2.20. The van der Waals surface area contributed by atoms with Crippen molar-refractivity contribution in [2.75, 3.05) is 18.4 Å². The molecule has 2 rings (SSSR count). The SMILES string of the molecule is Cc1nn(C)cc1NC(=O)CC1CNC1. The van der Waals surface area contributed by atoms with Crippen molar-refractivity contribution in [3.63, 3.8) is 0 Å². The van der Waals surface area contributed by atoms with E-state index in [2.05, 4.69) is 15.7 Å². The Labute approximate surface area is 88.8 Å². The van der Waals surface area contributed by atoms with Gasteiger partial charge in [0.25, 0.3) is 0 Å². The number of amides is 1. The predicted octanol–water partition coefficient (Wildman–Crippen LogP) is 0.277. The maximum absolute atomic E-state index is 11.6. The zero-order valence-electron chi connectivity index (χ0n) is 9.08. The number of aromatic nitrogens is 2. The summed E-state index contributed by atoms with van der Waals surface area (Å²) in [6, 6.07) is 0. The van der Waals surface area contributed by atoms with Gasteiger partial charge in [-0.15, -0.1) is 0 Å². The molecule has 0 spiro atoms. The fourth-order valence-electron chi connectivity index (χ4n) is 1.68. The van der Waals surface area contributed by atoms with E-state index in [0.29, 0.717) is 12.3 Å². The van der Waals surface area contributed by atoms with Crippen LogP contribution < -0.4 is 10.6 Å². The summed E-state index contributed by atoms with van der Waals surface area (Å²) in [6.45, 7) is 3.80. The Kier molecular flexibility index (Phi) is 2.73. The number of carbonyl (C=O) groups is 1. The average Bonchev–Trinajstić information content (AvgIpc) is 2.38. The van der Waals surface area contributed by atoms with Gasteiger partial charge in [-0.3, -0.25) is 9.48 Å². The summed E-state index contributed by atoms with van der Waals surface area (Å²) in [5.41, 5.74) is 1.67. The first-order chi connectivity index (χ1) is 7.15. The highest BCUT2D eigenvalue weighted by molar-refractivity contribution is 5.91. The molecule has 0 atom stereocenters. The smallest absolute Gasteiger partial charge is 0.224 e. The Bertz CT molecular complexity index is 367. The lowest BCUT2D eigenvalue weighted by molar-refractivity contribution is -0.117. The van der Waals surface area contributed by atoms with Crippen LogP contribution in [-0.2, 0) is 11.8 Å². The van der Waals surface area contributed by atoms with Gasteiger partial charge >= 0.3 is 0 Å². The number of hydrogen-bond acceptors (Lipinski definition) is 3. The molecule has 1 aromatic rings. The predicted molar refractivity (Wildman–Crippen MR) is 57.6 cm³/mol. The zero-order valence-corrected chi connectivity index (χ0v) is 9.08. The summed E-state index contributed by atoms with van der Waals surface area (Å²) in [4.78, 5) is 11.6. The minimum atomic E-state index is 0.0811. The largest absolute Gasteiger partial charge is 0.323 e. The van der Waals surface area contributed by atoms with E-state index in [9.17, 15) is 4.79 Å². The average molecular weight is 208 g/mol. The Morgan fingerprint density at radius 3 is 2.93 bits per heavy atom. The molecule has 1 fully saturated rings. The number of rotatable bonds is 3. The Balaban J connectivity index is 1.90. The van der Waals surface area contributed by atoms with Crippen LogP contribution in [0.5, 0.6) is 0 Å². The van der Waals surface area contributed by atoms with Crippen molar-refractivity contribution in [2.45, 2.75) is 13.3 Å². The van der Waals surface area contributed by atoms with E-state index in [0.717, 1.165) is 24.5 Å². The van der Waals surface area contributed by atoms with Crippen molar-refractivity contribution in [3.8, 4) is 0 Å². The van der Waals surface area contributed by atoms with Gasteiger partial charge in [-0.25, -0.2) is 0 Å². The number of nitrogens with zero attached hydrogens (tertiary/aromatic N) is 2. The highest BCUT2D eigenvalue weighted by Crippen LogP contribution is 2.14. The summed E-state index contributed by atoms with van der Waals surface area (Å²) in [7, 11) is 1.85. The molecule has 2 heterocycles. The van der Waals surface area contributed by atoms with Crippen LogP contribution in [0.15, 0.2) is 6.20 Å². The molecule has 1 saturated heterocycles. The number of carbonyl (C=O) groups excluding carboxylic acids is 1. The number of anilines is 1. The van der Waals surface area contributed by atoms with Gasteiger partial charge in [-0.2, -0.15) is 5.10 Å². The molecule has 0 bridgehead atoms. The van der Waals surface area contributed by atoms with Gasteiger partial charge < -0.3 is 10.6 Å². The molecule has 1 aromatic heterocycles. The van der Waals surface area contributed by atoms with Crippen molar-refractivity contribution in [1.29, 1.82) is 0 Å². The molecule has 0 saturated carbocycles. The molecule has 1 amide bonds. The maximum atomic E-state index is 11.6. The molecule has 82 valence electrons. The number of aryl methyl sites for hydroxylation is 2. The molecule has 5 heteroatoms. The number of nitrogens with one attached hydrogen (secondary N) is 2. The standard InChI is InChI=1S/C10H16N4O/c1-7-9(6-14(2)13-7)12-10(15)3-8-4-11-5-8/h6,8,11H,3-5H2,1-2H3,(H,12,15). The van der Waals surface area contributed by atoms with Crippen LogP contribution >= 0.6 is 0 Å². The van der Waals surface area contributed by atoms with E-state index in [4.69, 9.17) is 0 Å². The monoisotopic (exact) mass is 208 g/mol. The molecule has 2 N–H and O–H groups in total. The van der Waals surface area contributed by atoms with Crippen LogP contribution in [0.25, 0.3) is 0 Å². The fourth-order valence-corrected chi connectivity index (χ4v) is 1.68. The third-order valence-corrected chi connectivity index (χ3v) is 2.63. The quantitative estimate of drug-likeness (QED) is 0.750. The van der Waals surface area contributed by atoms with Crippen molar-refractivity contribution >= 4 is 11.6 Å². The topological polar surface area (TPSA) is 59.0 Å². The minimum Gasteiger partial charge on any atom is -0.323 e. The van der Waals surface area contributed by atoms with Crippen LogP contribution in [-0.4, -0.2) is 28.8 Å². The van der Waals surface area contributed by atoms with Crippen LogP contribution in [0.2, 0.25) is 0 Å². The van der Waals surface area contributed by atoms with Gasteiger partial charge in [0.05, 0.1) is 11.4 Å². The summed E-state index contributed by atoms with van der Waals surface area (Å²) in [5.74, 6) is 0.583. The Morgan fingerprint density at radius 2 is 2.47 bits per heavy atom. The van der Waals surface area contributed by atoms with Crippen LogP contribution in [0.4, 0.5) is 5.69 Å². The fraction of sp³-hybridized carbons (Fsp3) is 0.600. The molecule has 5 nitrogen and oxygen atoms in total. The van der Waals surface area contributed by atoms with Gasteiger partial charge in [-0.1, -0.05) is 0 Å². The van der Waals surface area contributed by atoms with E-state index in [1.54, 1.807) is 4.68 Å². The molecule has 0 aromatic carbocycles. The first kappa shape index (κ1) is 10.2. The number of hydrogen-bond donors (Lipinski definition) is 2. The lowest BCUT2D eigenvalue weighted by atomic mass is 9.99. The Morgan fingerprint density at radius 1 is 1.73 bits per heavy atom. The van der Waals surface area contributed by atoms with Crippen LogP contribution in [0, 0.1) is 12.8 Å². The molecule has 0 aliphatic carbocycles. The lowest BCUT2D eigenvalue weighted by Crippen LogP contribution is -2.43. The minimum absolute atomic E-state index is 0.0811. The molecule has 1 aliphatic heterocycles. The normalized spacial score (nSPS) is 16.1. The summed E-state index contributed by atoms with van der Waals surface area (Å²) in [6.07, 6.45) is 2.42. The second kappa shape index (κ2) is 4.02. The lowest BCUT2D eigenvalue weighted by Gasteiger charge is -2.26. The van der Waals surface area contributed by atoms with E-state index in [1.807, 2.05) is 20.2 Å². The zero-order chi connectivity index (χ0) is 10.8. The highest BCUT2D eigenvalue weighted by atomic mass is 16.1. The van der Waals surface area contributed by atoms with Crippen LogP contribution in [0.3, 0.4) is 0 Å². The van der Waals surface area contributed by atoms with E-state index in [-0.39, 0.29) is 5.91 Å². The van der Waals surface area contributed by atoms with Gasteiger partial charge in [0.1, 0.15) is 0 Å². The van der Waals surface area contributed by atoms with Crippen LogP contribution in [0.1, 0.15) is 12.1 Å². The third-order valence-electron chi connectivity index (χ3n) is 2.63. The molecule has 0 radical (unpaired) electrons. The van der Waals surface area contributed by atoms with Crippen molar-refractivity contribution in [1.82, 2.24) is 15.1 Å². The summed E-state index contributed by atoms with van der Waals surface area (Å²) in [5, 5.41) is 10.2. The molecular formula is C10H16N4O. The van der Waals surface area contributed by atoms with Gasteiger partial charge in [0.15, 0.2) is 0 Å². The van der Waals surface area contributed by atoms with E-state index < -0.39 is 0 Å². The van der Waals surface area contributed by atoms with Gasteiger partial charge in [-0.05, 0) is 25.9 Å². The molecule has 1 aliphatic rings. The van der Waals surface area contributed by atoms with Gasteiger partial charge in [0, 0.05) is 19.7 Å². The van der Waals surface area contributed by atoms with Crippen molar-refractivity contribution in [2.24, 2.45) is 13.0 Å². The van der Waals surface area contributed by atoms with Crippen molar-refractivity contribution in [3.05, 3.63) is 11.9 Å². The summed E-state index contributed by atoms with van der Waals surface area (Å²) >= 11 is 0. The first-order valence-corrected chi connectivity index (χ1v) is 5.16. The molecule has 0 unspecified atom stereocenters. The molecule has 15 heavy (non-hydrogen) atoms. The van der Waals surface area contributed by atoms with Gasteiger partial charge in [0.2, 0.25) is 5.91 Å². The molecular weight excluding hydrogens is 192 g/mol. The second-order valence-corrected chi connectivity index (χ2v) is 4.08. The van der Waals surface area contributed by atoms with E-state index >= 15 is 0 Å². The first-order valence-electron chi connectivity index (χ1n) is 5.16. The maximum Gasteiger partial charge on any atom is 0.224 e. The van der Waals surface area contributed by atoms with Crippen molar-refractivity contribution < 1.29 is 4.79 Å². The second-order valence-electron chi connectivity index (χ2n) is 4.08.